The number of carbonyl (C=O) groups excluding carboxylic acids is 1. The van der Waals surface area contributed by atoms with Gasteiger partial charge in [-0.3, -0.25) is 4.79 Å². The van der Waals surface area contributed by atoms with Gasteiger partial charge in [-0.1, -0.05) is 43.3 Å². The highest BCUT2D eigenvalue weighted by molar-refractivity contribution is 6.03. The molecule has 26 heavy (non-hydrogen) atoms. The van der Waals surface area contributed by atoms with Crippen LogP contribution in [0.5, 0.6) is 0 Å². The zero-order chi connectivity index (χ0) is 17.9. The minimum atomic E-state index is 0.184. The largest absolute Gasteiger partial charge is 0.375 e. The number of carbonyl (C=O) groups is 1. The van der Waals surface area contributed by atoms with Crippen LogP contribution in [0.4, 0.5) is 5.69 Å². The van der Waals surface area contributed by atoms with E-state index in [2.05, 4.69) is 53.5 Å². The summed E-state index contributed by atoms with van der Waals surface area (Å²) < 4.78 is 5.94. The summed E-state index contributed by atoms with van der Waals surface area (Å²) in [6.45, 7) is 6.39. The topological polar surface area (TPSA) is 41.6 Å². The molecule has 4 nitrogen and oxygen atoms in total. The first kappa shape index (κ1) is 17.3. The molecule has 0 aromatic heterocycles. The Hall–Kier alpha value is -2.17. The lowest BCUT2D eigenvalue weighted by Gasteiger charge is -2.33. The van der Waals surface area contributed by atoms with E-state index in [4.69, 9.17) is 4.74 Å². The minimum Gasteiger partial charge on any atom is -0.375 e. The fourth-order valence-electron chi connectivity index (χ4n) is 3.91. The van der Waals surface area contributed by atoms with Crippen molar-refractivity contribution in [3.05, 3.63) is 65.2 Å². The third kappa shape index (κ3) is 3.53. The molecule has 0 radical (unpaired) electrons. The first-order chi connectivity index (χ1) is 12.7. The van der Waals surface area contributed by atoms with Gasteiger partial charge < -0.3 is 15.0 Å². The summed E-state index contributed by atoms with van der Waals surface area (Å²) in [5.74, 6) is 0.544. The summed E-state index contributed by atoms with van der Waals surface area (Å²) in [4.78, 5) is 14.7. The van der Waals surface area contributed by atoms with E-state index in [1.165, 1.54) is 11.1 Å². The van der Waals surface area contributed by atoms with Crippen LogP contribution in [0.3, 0.4) is 0 Å². The number of hydrogen-bond donors (Lipinski definition) is 1. The van der Waals surface area contributed by atoms with Crippen molar-refractivity contribution in [1.29, 1.82) is 0 Å². The number of anilines is 1. The van der Waals surface area contributed by atoms with E-state index in [0.717, 1.165) is 44.0 Å². The van der Waals surface area contributed by atoms with Crippen LogP contribution in [-0.2, 0) is 11.3 Å². The SMILES string of the molecule is CC(c1ccc2c(c1)N(Cc1ccccc1)CCC2=O)C1CNCCO1. The zero-order valence-electron chi connectivity index (χ0n) is 15.3. The molecule has 1 N–H and O–H groups in total. The van der Waals surface area contributed by atoms with Crippen molar-refractivity contribution < 1.29 is 9.53 Å². The summed E-state index contributed by atoms with van der Waals surface area (Å²) >= 11 is 0. The molecule has 2 unspecified atom stereocenters. The van der Waals surface area contributed by atoms with E-state index in [0.29, 0.717) is 12.3 Å². The average molecular weight is 350 g/mol. The average Bonchev–Trinajstić information content (AvgIpc) is 2.71. The summed E-state index contributed by atoms with van der Waals surface area (Å²) in [7, 11) is 0. The quantitative estimate of drug-likeness (QED) is 0.918. The van der Waals surface area contributed by atoms with Gasteiger partial charge >= 0.3 is 0 Å². The molecule has 0 saturated carbocycles. The summed E-state index contributed by atoms with van der Waals surface area (Å²) in [6.07, 6.45) is 0.772. The van der Waals surface area contributed by atoms with Gasteiger partial charge in [-0.25, -0.2) is 0 Å². The molecular weight excluding hydrogens is 324 g/mol. The van der Waals surface area contributed by atoms with E-state index in [1.807, 2.05) is 12.1 Å². The number of nitrogens with one attached hydrogen (secondary N) is 1. The molecule has 136 valence electrons. The van der Waals surface area contributed by atoms with Gasteiger partial charge in [-0.2, -0.15) is 0 Å². The number of ketones is 1. The smallest absolute Gasteiger partial charge is 0.166 e. The van der Waals surface area contributed by atoms with Gasteiger partial charge in [0, 0.05) is 49.8 Å². The van der Waals surface area contributed by atoms with Crippen LogP contribution in [-0.4, -0.2) is 38.1 Å². The van der Waals surface area contributed by atoms with Gasteiger partial charge in [0.15, 0.2) is 5.78 Å². The molecule has 0 aliphatic carbocycles. The van der Waals surface area contributed by atoms with Gasteiger partial charge in [-0.15, -0.1) is 0 Å². The second-order valence-electron chi connectivity index (χ2n) is 7.26. The van der Waals surface area contributed by atoms with Crippen LogP contribution in [0.25, 0.3) is 0 Å². The summed E-state index contributed by atoms with van der Waals surface area (Å²) in [6, 6.07) is 16.8. The Kier molecular flexibility index (Phi) is 5.05. The molecule has 1 fully saturated rings. The first-order valence-corrected chi connectivity index (χ1v) is 9.51. The molecule has 0 spiro atoms. The lowest BCUT2D eigenvalue weighted by molar-refractivity contribution is 0.0146. The second kappa shape index (κ2) is 7.60. The monoisotopic (exact) mass is 350 g/mol. The molecule has 4 heteroatoms. The van der Waals surface area contributed by atoms with Crippen LogP contribution >= 0.6 is 0 Å². The number of nitrogens with zero attached hydrogens (tertiary/aromatic N) is 1. The maximum Gasteiger partial charge on any atom is 0.166 e. The molecule has 2 atom stereocenters. The minimum absolute atomic E-state index is 0.184. The Morgan fingerprint density at radius 3 is 2.85 bits per heavy atom. The van der Waals surface area contributed by atoms with E-state index in [1.54, 1.807) is 0 Å². The second-order valence-corrected chi connectivity index (χ2v) is 7.26. The van der Waals surface area contributed by atoms with Crippen LogP contribution < -0.4 is 10.2 Å². The summed E-state index contributed by atoms with van der Waals surface area (Å²) in [5.41, 5.74) is 4.43. The van der Waals surface area contributed by atoms with Crippen molar-refractivity contribution in [1.82, 2.24) is 5.32 Å². The maximum absolute atomic E-state index is 12.4. The molecule has 1 saturated heterocycles. The Bertz CT molecular complexity index is 769. The van der Waals surface area contributed by atoms with Gasteiger partial charge in [0.25, 0.3) is 0 Å². The first-order valence-electron chi connectivity index (χ1n) is 9.51. The number of rotatable bonds is 4. The molecule has 0 amide bonds. The van der Waals surface area contributed by atoms with Crippen molar-refractivity contribution in [2.24, 2.45) is 0 Å². The predicted octanol–water partition coefficient (Wildman–Crippen LogP) is 3.37. The third-order valence-corrected chi connectivity index (χ3v) is 5.53. The summed E-state index contributed by atoms with van der Waals surface area (Å²) in [5, 5.41) is 3.41. The zero-order valence-corrected chi connectivity index (χ0v) is 15.3. The normalized spacial score (nSPS) is 21.3. The number of fused-ring (bicyclic) bond motifs is 1. The molecule has 2 aliphatic rings. The molecule has 0 bridgehead atoms. The van der Waals surface area contributed by atoms with Crippen molar-refractivity contribution >= 4 is 11.5 Å². The Morgan fingerprint density at radius 1 is 1.23 bits per heavy atom. The van der Waals surface area contributed by atoms with Crippen LogP contribution in [0.1, 0.15) is 40.7 Å². The van der Waals surface area contributed by atoms with E-state index < -0.39 is 0 Å². The van der Waals surface area contributed by atoms with Crippen molar-refractivity contribution in [2.75, 3.05) is 31.1 Å². The molecule has 2 aromatic rings. The number of morpholine rings is 1. The Balaban J connectivity index is 1.62. The lowest BCUT2D eigenvalue weighted by Crippen LogP contribution is -2.41. The number of hydrogen-bond acceptors (Lipinski definition) is 4. The Labute approximate surface area is 155 Å². The van der Waals surface area contributed by atoms with Crippen LogP contribution in [0, 0.1) is 0 Å². The fraction of sp³-hybridized carbons (Fsp3) is 0.409. The molecule has 2 aromatic carbocycles. The highest BCUT2D eigenvalue weighted by Crippen LogP contribution is 2.33. The maximum atomic E-state index is 12.4. The molecular formula is C22H26N2O2. The highest BCUT2D eigenvalue weighted by atomic mass is 16.5. The molecule has 2 heterocycles. The fourth-order valence-corrected chi connectivity index (χ4v) is 3.91. The van der Waals surface area contributed by atoms with E-state index in [9.17, 15) is 4.79 Å². The van der Waals surface area contributed by atoms with Crippen molar-refractivity contribution in [3.63, 3.8) is 0 Å². The third-order valence-electron chi connectivity index (χ3n) is 5.53. The lowest BCUT2D eigenvalue weighted by atomic mass is 9.90. The van der Waals surface area contributed by atoms with Gasteiger partial charge in [0.1, 0.15) is 0 Å². The number of benzene rings is 2. The van der Waals surface area contributed by atoms with Gasteiger partial charge in [-0.05, 0) is 23.3 Å². The number of ether oxygens (including phenoxy) is 1. The number of Topliss-reactive ketones (excluding diaryl/α,β-unsaturated/α-hetero) is 1. The van der Waals surface area contributed by atoms with Gasteiger partial charge in [0.05, 0.1) is 12.7 Å². The predicted molar refractivity (Wildman–Crippen MR) is 104 cm³/mol. The highest BCUT2D eigenvalue weighted by Gasteiger charge is 2.27. The van der Waals surface area contributed by atoms with Crippen molar-refractivity contribution in [3.8, 4) is 0 Å². The molecule has 4 rings (SSSR count). The molecule has 2 aliphatic heterocycles. The van der Waals surface area contributed by atoms with Gasteiger partial charge in [0.2, 0.25) is 0 Å². The van der Waals surface area contributed by atoms with Crippen LogP contribution in [0.15, 0.2) is 48.5 Å². The van der Waals surface area contributed by atoms with E-state index >= 15 is 0 Å². The van der Waals surface area contributed by atoms with E-state index in [-0.39, 0.29) is 11.9 Å². The van der Waals surface area contributed by atoms with Crippen molar-refractivity contribution in [2.45, 2.75) is 31.9 Å². The van der Waals surface area contributed by atoms with Crippen LogP contribution in [0.2, 0.25) is 0 Å². The standard InChI is InChI=1S/C22H26N2O2/c1-16(22-14-23-10-12-26-22)18-7-8-19-20(13-18)24(11-9-21(19)25)15-17-5-3-2-4-6-17/h2-8,13,16,22-23H,9-12,14-15H2,1H3. The Morgan fingerprint density at radius 2 is 2.08 bits per heavy atom.